The number of nitrogens with zero attached hydrogens (tertiary/aromatic N) is 2. The third-order valence-corrected chi connectivity index (χ3v) is 7.65. The van der Waals surface area contributed by atoms with Crippen LogP contribution in [-0.4, -0.2) is 43.7 Å². The molecule has 3 rings (SSSR count). The summed E-state index contributed by atoms with van der Waals surface area (Å²) in [5.74, 6) is 0.333. The second-order valence-corrected chi connectivity index (χ2v) is 10.2. The number of rotatable bonds is 5. The minimum Gasteiger partial charge on any atom is -0.337 e. The van der Waals surface area contributed by atoms with E-state index in [2.05, 4.69) is 6.92 Å². The molecule has 0 radical (unpaired) electrons. The van der Waals surface area contributed by atoms with E-state index in [9.17, 15) is 13.2 Å². The Bertz CT molecular complexity index is 982. The Hall–Kier alpha value is -1.89. The predicted molar refractivity (Wildman–Crippen MR) is 116 cm³/mol. The molecule has 0 unspecified atom stereocenters. The van der Waals surface area contributed by atoms with Crippen LogP contribution in [0.15, 0.2) is 47.4 Å². The van der Waals surface area contributed by atoms with E-state index in [1.165, 1.54) is 10.4 Å². The zero-order chi connectivity index (χ0) is 21.2. The van der Waals surface area contributed by atoms with Crippen molar-refractivity contribution in [2.75, 3.05) is 20.1 Å². The Kier molecular flexibility index (Phi) is 6.66. The predicted octanol–water partition coefficient (Wildman–Crippen LogP) is 4.34. The molecule has 1 aliphatic heterocycles. The van der Waals surface area contributed by atoms with Gasteiger partial charge in [-0.3, -0.25) is 4.79 Å². The van der Waals surface area contributed by atoms with Crippen LogP contribution in [0, 0.1) is 12.8 Å². The normalized spacial score (nSPS) is 16.0. The molecule has 1 fully saturated rings. The molecule has 0 spiro atoms. The van der Waals surface area contributed by atoms with Gasteiger partial charge in [0, 0.05) is 37.3 Å². The van der Waals surface area contributed by atoms with E-state index in [0.717, 1.165) is 24.0 Å². The molecule has 1 amide bonds. The van der Waals surface area contributed by atoms with Gasteiger partial charge in [0.25, 0.3) is 5.91 Å². The molecule has 0 atom stereocenters. The maximum Gasteiger partial charge on any atom is 0.254 e. The summed E-state index contributed by atoms with van der Waals surface area (Å²) in [6, 6.07) is 12.1. The van der Waals surface area contributed by atoms with E-state index < -0.39 is 10.0 Å². The minimum absolute atomic E-state index is 0.181. The molecule has 1 heterocycles. The van der Waals surface area contributed by atoms with Crippen molar-refractivity contribution in [2.45, 2.75) is 38.1 Å². The fourth-order valence-electron chi connectivity index (χ4n) is 3.51. The summed E-state index contributed by atoms with van der Waals surface area (Å²) < 4.78 is 27.7. The van der Waals surface area contributed by atoms with Crippen molar-refractivity contribution in [3.05, 3.63) is 64.2 Å². The van der Waals surface area contributed by atoms with Crippen LogP contribution in [0.4, 0.5) is 0 Å². The molecule has 1 aliphatic rings. The van der Waals surface area contributed by atoms with Gasteiger partial charge in [-0.1, -0.05) is 36.7 Å². The third kappa shape index (κ3) is 5.00. The lowest BCUT2D eigenvalue weighted by atomic mass is 10.0. The minimum atomic E-state index is -3.60. The number of aryl methyl sites for hydroxylation is 1. The van der Waals surface area contributed by atoms with Crippen LogP contribution in [0.5, 0.6) is 0 Å². The Balaban J connectivity index is 1.82. The number of amides is 1. The van der Waals surface area contributed by atoms with Gasteiger partial charge in [0.05, 0.1) is 4.90 Å². The van der Waals surface area contributed by atoms with Gasteiger partial charge >= 0.3 is 0 Å². The molecule has 0 aromatic heterocycles. The average molecular weight is 435 g/mol. The van der Waals surface area contributed by atoms with E-state index >= 15 is 0 Å². The van der Waals surface area contributed by atoms with Gasteiger partial charge < -0.3 is 4.90 Å². The summed E-state index contributed by atoms with van der Waals surface area (Å²) in [5.41, 5.74) is 2.12. The number of carbonyl (C=O) groups excluding carboxylic acids is 1. The van der Waals surface area contributed by atoms with Gasteiger partial charge in [-0.25, -0.2) is 8.42 Å². The van der Waals surface area contributed by atoms with Gasteiger partial charge in [-0.05, 0) is 61.1 Å². The van der Waals surface area contributed by atoms with Crippen molar-refractivity contribution in [2.24, 2.45) is 5.92 Å². The van der Waals surface area contributed by atoms with Gasteiger partial charge in [0.1, 0.15) is 0 Å². The van der Waals surface area contributed by atoms with E-state index in [0.29, 0.717) is 36.1 Å². The topological polar surface area (TPSA) is 57.7 Å². The van der Waals surface area contributed by atoms with Gasteiger partial charge in [-0.15, -0.1) is 0 Å². The van der Waals surface area contributed by atoms with Crippen LogP contribution in [0.3, 0.4) is 0 Å². The summed E-state index contributed by atoms with van der Waals surface area (Å²) in [4.78, 5) is 14.8. The highest BCUT2D eigenvalue weighted by Crippen LogP contribution is 2.25. The largest absolute Gasteiger partial charge is 0.337 e. The molecule has 0 N–H and O–H groups in total. The van der Waals surface area contributed by atoms with Crippen LogP contribution in [-0.2, 0) is 16.6 Å². The maximum atomic E-state index is 13.1. The second kappa shape index (κ2) is 8.86. The third-order valence-electron chi connectivity index (χ3n) is 5.50. The highest BCUT2D eigenvalue weighted by atomic mass is 35.5. The van der Waals surface area contributed by atoms with E-state index in [-0.39, 0.29) is 10.8 Å². The fraction of sp³-hybridized carbons (Fsp3) is 0.409. The molecular weight excluding hydrogens is 408 g/mol. The van der Waals surface area contributed by atoms with Gasteiger partial charge in [0.2, 0.25) is 10.0 Å². The highest BCUT2D eigenvalue weighted by molar-refractivity contribution is 7.89. The van der Waals surface area contributed by atoms with Crippen molar-refractivity contribution >= 4 is 27.5 Å². The average Bonchev–Trinajstić information content (AvgIpc) is 2.69. The standard InChI is InChI=1S/C22H27ClN2O3S/c1-16-10-12-25(13-11-16)29(27,28)20-9-4-17(2)21(14-20)22(26)24(3)15-18-5-7-19(23)8-6-18/h4-9,14,16H,10-13,15H2,1-3H3. The van der Waals surface area contributed by atoms with E-state index in [1.807, 2.05) is 19.1 Å². The lowest BCUT2D eigenvalue weighted by Gasteiger charge is -2.29. The number of hydrogen-bond acceptors (Lipinski definition) is 3. The van der Waals surface area contributed by atoms with Crippen LogP contribution in [0.25, 0.3) is 0 Å². The van der Waals surface area contributed by atoms with E-state index in [4.69, 9.17) is 11.6 Å². The van der Waals surface area contributed by atoms with Crippen molar-refractivity contribution in [1.29, 1.82) is 0 Å². The summed E-state index contributed by atoms with van der Waals surface area (Å²) in [6.45, 7) is 5.43. The van der Waals surface area contributed by atoms with Crippen LogP contribution >= 0.6 is 11.6 Å². The molecule has 0 saturated carbocycles. The Morgan fingerprint density at radius 2 is 1.76 bits per heavy atom. The number of sulfonamides is 1. The Labute approximate surface area is 178 Å². The summed E-state index contributed by atoms with van der Waals surface area (Å²) >= 11 is 5.92. The molecule has 2 aromatic carbocycles. The highest BCUT2D eigenvalue weighted by Gasteiger charge is 2.29. The first-order chi connectivity index (χ1) is 13.7. The SMILES string of the molecule is Cc1ccc(S(=O)(=O)N2CCC(C)CC2)cc1C(=O)N(C)Cc1ccc(Cl)cc1. The van der Waals surface area contributed by atoms with Crippen molar-refractivity contribution < 1.29 is 13.2 Å². The number of benzene rings is 2. The molecule has 2 aromatic rings. The fourth-order valence-corrected chi connectivity index (χ4v) is 5.13. The van der Waals surface area contributed by atoms with Crippen molar-refractivity contribution in [3.63, 3.8) is 0 Å². The van der Waals surface area contributed by atoms with E-state index in [1.54, 1.807) is 36.2 Å². The molecule has 7 heteroatoms. The molecule has 29 heavy (non-hydrogen) atoms. The summed E-state index contributed by atoms with van der Waals surface area (Å²) in [7, 11) is -1.89. The zero-order valence-corrected chi connectivity index (χ0v) is 18.6. The maximum absolute atomic E-state index is 13.1. The lowest BCUT2D eigenvalue weighted by Crippen LogP contribution is -2.38. The van der Waals surface area contributed by atoms with Crippen LogP contribution in [0.1, 0.15) is 41.3 Å². The summed E-state index contributed by atoms with van der Waals surface area (Å²) in [6.07, 6.45) is 1.72. The van der Waals surface area contributed by atoms with Crippen molar-refractivity contribution in [3.8, 4) is 0 Å². The number of hydrogen-bond donors (Lipinski definition) is 0. The first-order valence-corrected chi connectivity index (χ1v) is 11.6. The molecule has 1 saturated heterocycles. The first kappa shape index (κ1) is 21.8. The molecule has 5 nitrogen and oxygen atoms in total. The molecule has 0 aliphatic carbocycles. The number of halogens is 1. The first-order valence-electron chi connectivity index (χ1n) is 9.79. The number of piperidine rings is 1. The molecule has 0 bridgehead atoms. The van der Waals surface area contributed by atoms with Crippen molar-refractivity contribution in [1.82, 2.24) is 9.21 Å². The Morgan fingerprint density at radius 3 is 2.38 bits per heavy atom. The molecule has 156 valence electrons. The smallest absolute Gasteiger partial charge is 0.254 e. The zero-order valence-electron chi connectivity index (χ0n) is 17.1. The van der Waals surface area contributed by atoms with Crippen LogP contribution in [0.2, 0.25) is 5.02 Å². The number of carbonyl (C=O) groups is 1. The quantitative estimate of drug-likeness (QED) is 0.703. The Morgan fingerprint density at radius 1 is 1.14 bits per heavy atom. The monoisotopic (exact) mass is 434 g/mol. The lowest BCUT2D eigenvalue weighted by molar-refractivity contribution is 0.0784. The second-order valence-electron chi connectivity index (χ2n) is 7.85. The van der Waals surface area contributed by atoms with Gasteiger partial charge in [0.15, 0.2) is 0 Å². The van der Waals surface area contributed by atoms with Crippen LogP contribution < -0.4 is 0 Å². The van der Waals surface area contributed by atoms with Gasteiger partial charge in [-0.2, -0.15) is 4.31 Å². The summed E-state index contributed by atoms with van der Waals surface area (Å²) in [5, 5.41) is 0.642. The molecular formula is C22H27ClN2O3S.